The highest BCUT2D eigenvalue weighted by molar-refractivity contribution is 7.89. The monoisotopic (exact) mass is 603 g/mol. The summed E-state index contributed by atoms with van der Waals surface area (Å²) in [6.45, 7) is 2.72. The smallest absolute Gasteiger partial charge is 0.388 e. The molecule has 11 nitrogen and oxygen atoms in total. The van der Waals surface area contributed by atoms with Gasteiger partial charge in [-0.15, -0.1) is 0 Å². The predicted molar refractivity (Wildman–Crippen MR) is 138 cm³/mol. The summed E-state index contributed by atoms with van der Waals surface area (Å²) in [6.07, 6.45) is -2.33. The first kappa shape index (κ1) is 30.8. The fourth-order valence-corrected chi connectivity index (χ4v) is 5.64. The SMILES string of the molecule is COCCS(=O)(=O)N1C[C@@H](NC(=O)c2cc3c(ccn3-c3ncc(C(F)(F)F)cc3F)cn2)[C@H](OCC(C)(C)O)C1. The van der Waals surface area contributed by atoms with E-state index in [1.807, 2.05) is 0 Å². The number of amides is 1. The number of aromatic nitrogens is 3. The van der Waals surface area contributed by atoms with E-state index in [0.29, 0.717) is 17.6 Å². The minimum absolute atomic E-state index is 0.0248. The third-order valence-electron chi connectivity index (χ3n) is 6.32. The van der Waals surface area contributed by atoms with E-state index >= 15 is 0 Å². The molecule has 0 aliphatic carbocycles. The van der Waals surface area contributed by atoms with Crippen LogP contribution in [0.2, 0.25) is 0 Å². The van der Waals surface area contributed by atoms with Crippen molar-refractivity contribution in [3.63, 3.8) is 0 Å². The van der Waals surface area contributed by atoms with Gasteiger partial charge in [-0.1, -0.05) is 0 Å². The molecule has 1 fully saturated rings. The number of carbonyl (C=O) groups is 1. The van der Waals surface area contributed by atoms with Gasteiger partial charge in [0.15, 0.2) is 11.6 Å². The second-order valence-electron chi connectivity index (χ2n) is 10.2. The highest BCUT2D eigenvalue weighted by Gasteiger charge is 2.41. The lowest BCUT2D eigenvalue weighted by atomic mass is 10.1. The van der Waals surface area contributed by atoms with E-state index < -0.39 is 57.1 Å². The van der Waals surface area contributed by atoms with E-state index in [1.54, 1.807) is 0 Å². The first-order valence-corrected chi connectivity index (χ1v) is 14.0. The van der Waals surface area contributed by atoms with Crippen molar-refractivity contribution in [2.24, 2.45) is 0 Å². The van der Waals surface area contributed by atoms with Gasteiger partial charge >= 0.3 is 6.18 Å². The van der Waals surface area contributed by atoms with Crippen LogP contribution in [0.1, 0.15) is 29.9 Å². The number of hydrogen-bond donors (Lipinski definition) is 2. The van der Waals surface area contributed by atoms with E-state index in [9.17, 15) is 35.9 Å². The van der Waals surface area contributed by atoms with Crippen molar-refractivity contribution in [3.05, 3.63) is 53.9 Å². The summed E-state index contributed by atoms with van der Waals surface area (Å²) < 4.78 is 92.0. The lowest BCUT2D eigenvalue weighted by Crippen LogP contribution is -2.45. The maximum absolute atomic E-state index is 14.6. The molecule has 1 amide bonds. The number of sulfonamides is 1. The maximum Gasteiger partial charge on any atom is 0.417 e. The van der Waals surface area contributed by atoms with Gasteiger partial charge in [0, 0.05) is 44.2 Å². The van der Waals surface area contributed by atoms with Crippen molar-refractivity contribution in [2.75, 3.05) is 39.2 Å². The van der Waals surface area contributed by atoms with Crippen molar-refractivity contribution in [1.82, 2.24) is 24.2 Å². The Hall–Kier alpha value is -3.18. The Morgan fingerprint density at radius 1 is 1.20 bits per heavy atom. The van der Waals surface area contributed by atoms with Crippen LogP contribution in [0.4, 0.5) is 17.6 Å². The van der Waals surface area contributed by atoms with Crippen molar-refractivity contribution >= 4 is 26.8 Å². The highest BCUT2D eigenvalue weighted by atomic mass is 32.2. The van der Waals surface area contributed by atoms with Gasteiger partial charge in [-0.2, -0.15) is 17.5 Å². The highest BCUT2D eigenvalue weighted by Crippen LogP contribution is 2.31. The molecule has 0 radical (unpaired) electrons. The van der Waals surface area contributed by atoms with Crippen molar-refractivity contribution < 1.29 is 45.4 Å². The van der Waals surface area contributed by atoms with Gasteiger partial charge in [0.2, 0.25) is 10.0 Å². The van der Waals surface area contributed by atoms with Crippen LogP contribution in [-0.4, -0.2) is 95.2 Å². The minimum atomic E-state index is -4.77. The number of halogens is 4. The summed E-state index contributed by atoms with van der Waals surface area (Å²) in [5.41, 5.74) is -2.32. The molecular formula is C25H29F4N5O6S. The summed E-state index contributed by atoms with van der Waals surface area (Å²) in [5.74, 6) is -2.59. The van der Waals surface area contributed by atoms with Crippen LogP contribution in [0.15, 0.2) is 36.8 Å². The van der Waals surface area contributed by atoms with Crippen LogP contribution < -0.4 is 5.32 Å². The Bertz CT molecular complexity index is 1520. The zero-order valence-electron chi connectivity index (χ0n) is 22.4. The largest absolute Gasteiger partial charge is 0.417 e. The number of hydrogen-bond acceptors (Lipinski definition) is 8. The predicted octanol–water partition coefficient (Wildman–Crippen LogP) is 2.12. The lowest BCUT2D eigenvalue weighted by Gasteiger charge is -2.24. The van der Waals surface area contributed by atoms with Crippen LogP contribution in [0.3, 0.4) is 0 Å². The second-order valence-corrected chi connectivity index (χ2v) is 12.3. The van der Waals surface area contributed by atoms with Crippen molar-refractivity contribution in [3.8, 4) is 5.82 Å². The molecule has 0 spiro atoms. The molecule has 3 aromatic rings. The van der Waals surface area contributed by atoms with Crippen LogP contribution in [-0.2, 0) is 25.7 Å². The topological polar surface area (TPSA) is 136 Å². The van der Waals surface area contributed by atoms with E-state index in [1.165, 1.54) is 54.4 Å². The molecule has 0 aromatic carbocycles. The maximum atomic E-state index is 14.6. The molecule has 4 rings (SSSR count). The molecule has 1 saturated heterocycles. The Kier molecular flexibility index (Phi) is 8.71. The van der Waals surface area contributed by atoms with Gasteiger partial charge in [-0.3, -0.25) is 14.3 Å². The van der Waals surface area contributed by atoms with Crippen LogP contribution in [0, 0.1) is 5.82 Å². The van der Waals surface area contributed by atoms with Crippen molar-refractivity contribution in [1.29, 1.82) is 0 Å². The van der Waals surface area contributed by atoms with Crippen molar-refractivity contribution in [2.45, 2.75) is 37.8 Å². The average molecular weight is 604 g/mol. The molecule has 41 heavy (non-hydrogen) atoms. The number of carbonyl (C=O) groups excluding carboxylic acids is 1. The van der Waals surface area contributed by atoms with Crippen LogP contribution in [0.25, 0.3) is 16.7 Å². The minimum Gasteiger partial charge on any atom is -0.388 e. The summed E-state index contributed by atoms with van der Waals surface area (Å²) in [6, 6.07) is 2.38. The molecule has 4 heterocycles. The number of nitrogens with one attached hydrogen (secondary N) is 1. The Morgan fingerprint density at radius 3 is 2.56 bits per heavy atom. The number of methoxy groups -OCH3 is 1. The van der Waals surface area contributed by atoms with Crippen LogP contribution >= 0.6 is 0 Å². The number of alkyl halides is 3. The van der Waals surface area contributed by atoms with Gasteiger partial charge in [-0.25, -0.2) is 17.8 Å². The van der Waals surface area contributed by atoms with Crippen LogP contribution in [0.5, 0.6) is 0 Å². The third kappa shape index (κ3) is 7.19. The van der Waals surface area contributed by atoms with E-state index in [-0.39, 0.29) is 43.3 Å². The van der Waals surface area contributed by atoms with E-state index in [2.05, 4.69) is 15.3 Å². The van der Waals surface area contributed by atoms with E-state index in [4.69, 9.17) is 9.47 Å². The summed E-state index contributed by atoms with van der Waals surface area (Å²) in [7, 11) is -2.36. The molecule has 16 heteroatoms. The first-order valence-electron chi connectivity index (χ1n) is 12.4. The number of rotatable bonds is 10. The molecule has 1 aliphatic rings. The number of ether oxygens (including phenoxy) is 2. The Balaban J connectivity index is 1.59. The average Bonchev–Trinajstić information content (AvgIpc) is 3.49. The first-order chi connectivity index (χ1) is 19.1. The molecule has 2 atom stereocenters. The van der Waals surface area contributed by atoms with Gasteiger partial charge in [-0.05, 0) is 32.0 Å². The molecule has 1 aliphatic heterocycles. The fourth-order valence-electron chi connectivity index (χ4n) is 4.24. The molecule has 0 bridgehead atoms. The molecule has 2 N–H and O–H groups in total. The van der Waals surface area contributed by atoms with Gasteiger partial charge in [0.1, 0.15) is 5.69 Å². The van der Waals surface area contributed by atoms with E-state index in [0.717, 1.165) is 0 Å². The summed E-state index contributed by atoms with van der Waals surface area (Å²) >= 11 is 0. The normalized spacial score (nSPS) is 18.7. The fraction of sp³-hybridized carbons (Fsp3) is 0.480. The third-order valence-corrected chi connectivity index (χ3v) is 8.09. The molecule has 3 aromatic heterocycles. The Labute approximate surface area is 233 Å². The number of nitrogens with zero attached hydrogens (tertiary/aromatic N) is 4. The zero-order valence-corrected chi connectivity index (χ0v) is 23.2. The zero-order chi connectivity index (χ0) is 30.2. The molecular weight excluding hydrogens is 574 g/mol. The standard InChI is InChI=1S/C25H29F4N5O6S/c1-24(2,36)14-40-21-13-33(41(37,38)7-6-39-3)12-19(21)32-23(35)18-9-20-15(10-30-18)4-5-34(20)22-17(26)8-16(11-31-22)25(27,28)29/h4-5,8-11,19,21,36H,6-7,12-14H2,1-3H3,(H,32,35)/t19-,21-/m1/s1. The van der Waals surface area contributed by atoms with Gasteiger partial charge in [0.05, 0.1) is 47.8 Å². The molecule has 0 unspecified atom stereocenters. The second kappa shape index (κ2) is 11.6. The van der Waals surface area contributed by atoms with Gasteiger partial charge < -0.3 is 19.9 Å². The number of fused-ring (bicyclic) bond motifs is 1. The summed E-state index contributed by atoms with van der Waals surface area (Å²) in [4.78, 5) is 21.0. The Morgan fingerprint density at radius 2 is 1.93 bits per heavy atom. The summed E-state index contributed by atoms with van der Waals surface area (Å²) in [5, 5.41) is 13.3. The lowest BCUT2D eigenvalue weighted by molar-refractivity contribution is -0.138. The quantitative estimate of drug-likeness (QED) is 0.337. The molecule has 0 saturated carbocycles. The number of aliphatic hydroxyl groups is 1. The van der Waals surface area contributed by atoms with Gasteiger partial charge in [0.25, 0.3) is 5.91 Å². The molecule has 224 valence electrons. The number of pyridine rings is 2.